The summed E-state index contributed by atoms with van der Waals surface area (Å²) in [5.41, 5.74) is 8.07. The molecule has 0 saturated carbocycles. The van der Waals surface area contributed by atoms with E-state index in [1.54, 1.807) is 11.3 Å². The number of piperidine rings is 3. The van der Waals surface area contributed by atoms with Crippen LogP contribution in [-0.2, 0) is 5.79 Å². The van der Waals surface area contributed by atoms with Crippen molar-refractivity contribution in [3.63, 3.8) is 0 Å². The fourth-order valence-corrected chi connectivity index (χ4v) is 5.94. The van der Waals surface area contributed by atoms with Gasteiger partial charge < -0.3 is 4.90 Å². The number of thiazole rings is 1. The largest absolute Gasteiger partial charge is 0.301 e. The summed E-state index contributed by atoms with van der Waals surface area (Å²) in [6, 6.07) is 8.29. The van der Waals surface area contributed by atoms with Crippen LogP contribution in [0.3, 0.4) is 0 Å². The number of aromatic nitrogens is 1. The van der Waals surface area contributed by atoms with Crippen LogP contribution in [0.2, 0.25) is 0 Å². The molecule has 0 radical (unpaired) electrons. The van der Waals surface area contributed by atoms with Gasteiger partial charge in [-0.05, 0) is 51.0 Å². The summed E-state index contributed by atoms with van der Waals surface area (Å²) in [6.45, 7) is 4.58. The summed E-state index contributed by atoms with van der Waals surface area (Å²) >= 11 is 1.71. The smallest absolute Gasteiger partial charge is 0.178 e. The van der Waals surface area contributed by atoms with Crippen LogP contribution in [0.25, 0.3) is 10.2 Å². The Morgan fingerprint density at radius 3 is 2.78 bits per heavy atom. The molecular weight excluding hydrogens is 306 g/mol. The third-order valence-corrected chi connectivity index (χ3v) is 7.49. The average Bonchev–Trinajstić information content (AvgIpc) is 3.13. The minimum Gasteiger partial charge on any atom is -0.301 e. The number of fused-ring (bicyclic) bond motifs is 3. The fraction of sp³-hybridized carbons (Fsp3) is 0.588. The molecule has 122 valence electrons. The van der Waals surface area contributed by atoms with Crippen LogP contribution in [0, 0.1) is 5.92 Å². The maximum Gasteiger partial charge on any atom is 0.178 e. The first-order valence-corrected chi connectivity index (χ1v) is 9.30. The molecular formula is C17H23N5S. The highest BCUT2D eigenvalue weighted by Gasteiger charge is 2.59. The second-order valence-corrected chi connectivity index (χ2v) is 8.35. The van der Waals surface area contributed by atoms with Gasteiger partial charge in [0, 0.05) is 13.1 Å². The Hall–Kier alpha value is -1.05. The van der Waals surface area contributed by atoms with Crippen molar-refractivity contribution in [2.75, 3.05) is 33.2 Å². The Morgan fingerprint density at radius 2 is 2.09 bits per heavy atom. The molecule has 4 aliphatic heterocycles. The lowest BCUT2D eigenvalue weighted by Crippen LogP contribution is -2.68. The van der Waals surface area contributed by atoms with Crippen molar-refractivity contribution in [1.82, 2.24) is 20.1 Å². The van der Waals surface area contributed by atoms with E-state index in [9.17, 15) is 0 Å². The second kappa shape index (κ2) is 4.74. The molecule has 23 heavy (non-hydrogen) atoms. The lowest BCUT2D eigenvalue weighted by Gasteiger charge is -2.55. The molecule has 4 saturated heterocycles. The molecule has 1 spiro atoms. The zero-order valence-electron chi connectivity index (χ0n) is 13.5. The van der Waals surface area contributed by atoms with Gasteiger partial charge in [-0.1, -0.05) is 12.1 Å². The number of nitrogens with two attached hydrogens (primary N) is 1. The van der Waals surface area contributed by atoms with Crippen molar-refractivity contribution >= 4 is 21.6 Å². The molecule has 5 nitrogen and oxygen atoms in total. The number of rotatable bonds is 1. The fourth-order valence-electron chi connectivity index (χ4n) is 4.86. The standard InChI is InChI=1S/C17H23N5S/c1-21-16(11-22-8-6-12(16)7-9-22)10-19-17(21,18)15-20-13-4-2-3-5-14(13)23-15/h2-5,12,19H,6-11,18H2,1H3. The Balaban J connectivity index is 1.55. The minimum atomic E-state index is -0.651. The van der Waals surface area contributed by atoms with E-state index < -0.39 is 5.79 Å². The summed E-state index contributed by atoms with van der Waals surface area (Å²) in [5.74, 6) is 0.0900. The summed E-state index contributed by atoms with van der Waals surface area (Å²) in [6.07, 6.45) is 2.59. The van der Waals surface area contributed by atoms with E-state index in [1.165, 1.54) is 30.6 Å². The van der Waals surface area contributed by atoms with E-state index in [2.05, 4.69) is 40.4 Å². The van der Waals surface area contributed by atoms with Crippen LogP contribution in [-0.4, -0.2) is 53.5 Å². The SMILES string of the molecule is CN1C(N)(c2nc3ccccc3s2)NCC12CN1CCC2CC1. The Kier molecular flexibility index (Phi) is 2.95. The quantitative estimate of drug-likeness (QED) is 0.827. The molecule has 2 atom stereocenters. The number of benzene rings is 1. The van der Waals surface area contributed by atoms with E-state index in [4.69, 9.17) is 10.7 Å². The molecule has 3 N–H and O–H groups in total. The lowest BCUT2D eigenvalue weighted by molar-refractivity contribution is -0.0656. The molecule has 6 rings (SSSR count). The zero-order valence-corrected chi connectivity index (χ0v) is 14.3. The first-order chi connectivity index (χ1) is 11.1. The zero-order chi connectivity index (χ0) is 15.7. The van der Waals surface area contributed by atoms with Crippen LogP contribution in [0.5, 0.6) is 0 Å². The second-order valence-electron chi connectivity index (χ2n) is 7.32. The molecule has 2 bridgehead atoms. The Morgan fingerprint density at radius 1 is 1.30 bits per heavy atom. The highest BCUT2D eigenvalue weighted by Crippen LogP contribution is 2.46. The molecule has 5 heterocycles. The maximum absolute atomic E-state index is 6.87. The van der Waals surface area contributed by atoms with Crippen molar-refractivity contribution in [1.29, 1.82) is 0 Å². The normalized spacial score (nSPS) is 40.4. The first kappa shape index (κ1) is 14.3. The van der Waals surface area contributed by atoms with E-state index in [-0.39, 0.29) is 5.54 Å². The predicted octanol–water partition coefficient (Wildman–Crippen LogP) is 1.36. The summed E-state index contributed by atoms with van der Waals surface area (Å²) < 4.78 is 1.21. The number of likely N-dealkylation sites (N-methyl/N-ethyl adjacent to an activating group) is 1. The molecule has 4 fully saturated rings. The van der Waals surface area contributed by atoms with E-state index in [0.29, 0.717) is 0 Å². The van der Waals surface area contributed by atoms with Gasteiger partial charge in [0.1, 0.15) is 5.01 Å². The minimum absolute atomic E-state index is 0.156. The monoisotopic (exact) mass is 329 g/mol. The molecule has 0 aliphatic carbocycles. The third kappa shape index (κ3) is 1.84. The lowest BCUT2D eigenvalue weighted by atomic mass is 9.72. The summed E-state index contributed by atoms with van der Waals surface area (Å²) in [7, 11) is 2.19. The highest BCUT2D eigenvalue weighted by atomic mass is 32.1. The van der Waals surface area contributed by atoms with Crippen molar-refractivity contribution in [3.05, 3.63) is 29.3 Å². The first-order valence-electron chi connectivity index (χ1n) is 8.48. The van der Waals surface area contributed by atoms with Crippen LogP contribution in [0.1, 0.15) is 17.8 Å². The van der Waals surface area contributed by atoms with Gasteiger partial charge in [-0.25, -0.2) is 4.98 Å². The molecule has 0 amide bonds. The number of hydrogen-bond acceptors (Lipinski definition) is 6. The van der Waals surface area contributed by atoms with Gasteiger partial charge in [0.15, 0.2) is 5.79 Å². The molecule has 2 aromatic rings. The van der Waals surface area contributed by atoms with Crippen molar-refractivity contribution < 1.29 is 0 Å². The van der Waals surface area contributed by atoms with Crippen LogP contribution in [0.4, 0.5) is 0 Å². The number of nitrogens with zero attached hydrogens (tertiary/aromatic N) is 3. The van der Waals surface area contributed by atoms with E-state index >= 15 is 0 Å². The van der Waals surface area contributed by atoms with Crippen molar-refractivity contribution in [2.24, 2.45) is 11.7 Å². The van der Waals surface area contributed by atoms with Gasteiger partial charge in [0.25, 0.3) is 0 Å². The topological polar surface area (TPSA) is 57.4 Å². The maximum atomic E-state index is 6.87. The van der Waals surface area contributed by atoms with E-state index in [1.807, 2.05) is 6.07 Å². The van der Waals surface area contributed by atoms with Gasteiger partial charge in [0.2, 0.25) is 0 Å². The van der Waals surface area contributed by atoms with Crippen LogP contribution in [0.15, 0.2) is 24.3 Å². The Labute approximate surface area is 140 Å². The molecule has 4 aliphatic rings. The molecule has 6 heteroatoms. The predicted molar refractivity (Wildman–Crippen MR) is 93.1 cm³/mol. The summed E-state index contributed by atoms with van der Waals surface area (Å²) in [4.78, 5) is 9.83. The van der Waals surface area contributed by atoms with Crippen molar-refractivity contribution in [2.45, 2.75) is 24.2 Å². The number of para-hydroxylation sites is 1. The molecule has 1 aromatic carbocycles. The number of nitrogens with one attached hydrogen (secondary N) is 1. The van der Waals surface area contributed by atoms with Gasteiger partial charge in [-0.2, -0.15) is 0 Å². The van der Waals surface area contributed by atoms with Gasteiger partial charge >= 0.3 is 0 Å². The van der Waals surface area contributed by atoms with Crippen LogP contribution >= 0.6 is 11.3 Å². The van der Waals surface area contributed by atoms with Gasteiger partial charge in [-0.3, -0.25) is 16.0 Å². The summed E-state index contributed by atoms with van der Waals surface area (Å²) in [5, 5.41) is 4.61. The van der Waals surface area contributed by atoms with E-state index in [0.717, 1.165) is 29.5 Å². The molecule has 1 aromatic heterocycles. The van der Waals surface area contributed by atoms with Crippen molar-refractivity contribution in [3.8, 4) is 0 Å². The Bertz CT molecular complexity index is 719. The third-order valence-electron chi connectivity index (χ3n) is 6.33. The van der Waals surface area contributed by atoms with Crippen LogP contribution < -0.4 is 11.1 Å². The number of hydrogen-bond donors (Lipinski definition) is 2. The highest BCUT2D eigenvalue weighted by molar-refractivity contribution is 7.18. The van der Waals surface area contributed by atoms with Gasteiger partial charge in [0.05, 0.1) is 15.8 Å². The van der Waals surface area contributed by atoms with Gasteiger partial charge in [-0.15, -0.1) is 11.3 Å². The average molecular weight is 329 g/mol. The molecule has 2 unspecified atom stereocenters.